The number of amides is 1. The van der Waals surface area contributed by atoms with Crippen molar-refractivity contribution in [2.45, 2.75) is 47.1 Å². The predicted octanol–water partition coefficient (Wildman–Crippen LogP) is 4.02. The Bertz CT molecular complexity index is 663. The van der Waals surface area contributed by atoms with Crippen LogP contribution >= 0.6 is 0 Å². The van der Waals surface area contributed by atoms with Crippen molar-refractivity contribution in [2.75, 3.05) is 24.5 Å². The average Bonchev–Trinajstić information content (AvgIpc) is 2.72. The second kappa shape index (κ2) is 5.55. The standard InChI is InChI=1S/C20H30N2O3/c1-18(2,3)20-11-19(4,5)16(10-21(12-20)17(24)25)22(13-20)14-6-8-15(23)9-7-14/h6-9,16,23H,10-13H2,1-5H3,(H,24,25)/t16-,20-/m1/s1. The number of rotatable bonds is 1. The van der Waals surface area contributed by atoms with E-state index in [1.807, 2.05) is 12.1 Å². The van der Waals surface area contributed by atoms with Crippen LogP contribution in [-0.4, -0.2) is 46.9 Å². The molecule has 3 aliphatic rings. The summed E-state index contributed by atoms with van der Waals surface area (Å²) in [6.07, 6.45) is 0.177. The number of phenolic OH excluding ortho intramolecular Hbond substituents is 1. The van der Waals surface area contributed by atoms with E-state index in [9.17, 15) is 15.0 Å². The number of aromatic hydroxyl groups is 1. The number of fused-ring (bicyclic) bond motifs is 4. The maximum atomic E-state index is 11.9. The van der Waals surface area contributed by atoms with Crippen LogP contribution in [0.1, 0.15) is 41.0 Å². The van der Waals surface area contributed by atoms with E-state index >= 15 is 0 Å². The molecular formula is C20H30N2O3. The molecule has 4 rings (SSSR count). The van der Waals surface area contributed by atoms with Gasteiger partial charge in [0.1, 0.15) is 5.75 Å². The summed E-state index contributed by atoms with van der Waals surface area (Å²) in [6.45, 7) is 13.1. The fourth-order valence-electron chi connectivity index (χ4n) is 4.79. The van der Waals surface area contributed by atoms with Crippen molar-refractivity contribution in [2.24, 2.45) is 16.2 Å². The number of benzene rings is 1. The highest BCUT2D eigenvalue weighted by atomic mass is 16.4. The Hall–Kier alpha value is -1.91. The van der Waals surface area contributed by atoms with Crippen molar-refractivity contribution in [3.05, 3.63) is 24.3 Å². The summed E-state index contributed by atoms with van der Waals surface area (Å²) in [5.74, 6) is 0.251. The molecule has 3 fully saturated rings. The van der Waals surface area contributed by atoms with E-state index in [0.717, 1.165) is 18.7 Å². The minimum absolute atomic E-state index is 0.00633. The average molecular weight is 346 g/mol. The van der Waals surface area contributed by atoms with Gasteiger partial charge in [0.15, 0.2) is 0 Å². The van der Waals surface area contributed by atoms with Gasteiger partial charge in [0, 0.05) is 30.7 Å². The molecule has 5 nitrogen and oxygen atoms in total. The quantitative estimate of drug-likeness (QED) is 0.806. The van der Waals surface area contributed by atoms with Crippen LogP contribution < -0.4 is 4.90 Å². The van der Waals surface area contributed by atoms with Crippen molar-refractivity contribution in [3.8, 4) is 5.75 Å². The molecule has 5 heteroatoms. The monoisotopic (exact) mass is 346 g/mol. The van der Waals surface area contributed by atoms with Crippen molar-refractivity contribution in [3.63, 3.8) is 0 Å². The summed E-state index contributed by atoms with van der Waals surface area (Å²) in [5, 5.41) is 19.4. The Kier molecular flexibility index (Phi) is 3.97. The van der Waals surface area contributed by atoms with E-state index in [2.05, 4.69) is 39.5 Å². The van der Waals surface area contributed by atoms with Gasteiger partial charge in [-0.25, -0.2) is 4.79 Å². The SMILES string of the molecule is CC1(C)C[C@@]2(C(C)(C)C)CN(C(=O)O)C[C@H]1N(c1ccc(O)cc1)C2. The van der Waals surface area contributed by atoms with Gasteiger partial charge in [0.2, 0.25) is 0 Å². The van der Waals surface area contributed by atoms with Gasteiger partial charge < -0.3 is 20.0 Å². The van der Waals surface area contributed by atoms with E-state index in [1.54, 1.807) is 17.0 Å². The van der Waals surface area contributed by atoms with Gasteiger partial charge in [0.25, 0.3) is 0 Å². The van der Waals surface area contributed by atoms with Gasteiger partial charge in [-0.15, -0.1) is 0 Å². The van der Waals surface area contributed by atoms with Gasteiger partial charge >= 0.3 is 6.09 Å². The molecule has 2 bridgehead atoms. The number of phenols is 1. The third-order valence-corrected chi connectivity index (χ3v) is 6.48. The van der Waals surface area contributed by atoms with Gasteiger partial charge in [-0.1, -0.05) is 34.6 Å². The number of carboxylic acid groups (broad SMARTS) is 1. The molecule has 25 heavy (non-hydrogen) atoms. The highest BCUT2D eigenvalue weighted by Crippen LogP contribution is 2.56. The summed E-state index contributed by atoms with van der Waals surface area (Å²) in [6, 6.07) is 7.41. The van der Waals surface area contributed by atoms with E-state index in [4.69, 9.17) is 0 Å². The topological polar surface area (TPSA) is 64.0 Å². The van der Waals surface area contributed by atoms with Crippen LogP contribution in [0.4, 0.5) is 10.5 Å². The van der Waals surface area contributed by atoms with Crippen LogP contribution in [0.15, 0.2) is 24.3 Å². The fourth-order valence-corrected chi connectivity index (χ4v) is 4.79. The molecular weight excluding hydrogens is 316 g/mol. The summed E-state index contributed by atoms with van der Waals surface area (Å²) in [7, 11) is 0. The summed E-state index contributed by atoms with van der Waals surface area (Å²) in [4.78, 5) is 15.9. The lowest BCUT2D eigenvalue weighted by atomic mass is 9.56. The number of piperidine rings is 1. The molecule has 0 unspecified atom stereocenters. The molecule has 0 saturated carbocycles. The second-order valence-corrected chi connectivity index (χ2v) is 9.52. The first kappa shape index (κ1) is 17.9. The fraction of sp³-hybridized carbons (Fsp3) is 0.650. The predicted molar refractivity (Wildman–Crippen MR) is 99.1 cm³/mol. The Morgan fingerprint density at radius 2 is 1.76 bits per heavy atom. The number of nitrogens with zero attached hydrogens (tertiary/aromatic N) is 2. The zero-order chi connectivity index (χ0) is 18.6. The number of carbonyl (C=O) groups is 1. The number of anilines is 1. The van der Waals surface area contributed by atoms with Crippen LogP contribution in [0.3, 0.4) is 0 Å². The molecule has 0 spiro atoms. The van der Waals surface area contributed by atoms with Crippen molar-refractivity contribution in [1.29, 1.82) is 0 Å². The zero-order valence-electron chi connectivity index (χ0n) is 15.9. The Balaban J connectivity index is 2.13. The van der Waals surface area contributed by atoms with Crippen LogP contribution in [0.2, 0.25) is 0 Å². The number of hydrogen-bond acceptors (Lipinski definition) is 3. The molecule has 2 atom stereocenters. The van der Waals surface area contributed by atoms with Crippen molar-refractivity contribution >= 4 is 11.8 Å². The molecule has 3 heterocycles. The highest BCUT2D eigenvalue weighted by Gasteiger charge is 2.58. The Morgan fingerprint density at radius 1 is 1.16 bits per heavy atom. The third kappa shape index (κ3) is 2.94. The van der Waals surface area contributed by atoms with Crippen LogP contribution in [0.5, 0.6) is 5.75 Å². The lowest BCUT2D eigenvalue weighted by molar-refractivity contribution is 0.00684. The van der Waals surface area contributed by atoms with E-state index in [0.29, 0.717) is 13.1 Å². The molecule has 1 aromatic carbocycles. The molecule has 3 saturated heterocycles. The molecule has 138 valence electrons. The van der Waals surface area contributed by atoms with E-state index < -0.39 is 6.09 Å². The molecule has 0 aliphatic carbocycles. The molecule has 1 amide bonds. The summed E-state index contributed by atoms with van der Waals surface area (Å²) in [5.41, 5.74) is 0.895. The van der Waals surface area contributed by atoms with Gasteiger partial charge in [-0.3, -0.25) is 0 Å². The van der Waals surface area contributed by atoms with E-state index in [-0.39, 0.29) is 28.0 Å². The summed E-state index contributed by atoms with van der Waals surface area (Å²) < 4.78 is 0. The van der Waals surface area contributed by atoms with Gasteiger partial charge in [-0.05, 0) is 41.5 Å². The smallest absolute Gasteiger partial charge is 0.407 e. The van der Waals surface area contributed by atoms with Gasteiger partial charge in [0.05, 0.1) is 6.04 Å². The maximum absolute atomic E-state index is 11.9. The molecule has 0 aromatic heterocycles. The van der Waals surface area contributed by atoms with Crippen LogP contribution in [-0.2, 0) is 0 Å². The minimum atomic E-state index is -0.830. The van der Waals surface area contributed by atoms with Crippen LogP contribution in [0.25, 0.3) is 0 Å². The second-order valence-electron chi connectivity index (χ2n) is 9.52. The molecule has 0 radical (unpaired) electrons. The minimum Gasteiger partial charge on any atom is -0.508 e. The Labute approximate surface area is 150 Å². The lowest BCUT2D eigenvalue weighted by Gasteiger charge is -2.57. The van der Waals surface area contributed by atoms with Crippen molar-refractivity contribution < 1.29 is 15.0 Å². The third-order valence-electron chi connectivity index (χ3n) is 6.48. The first-order chi connectivity index (χ1) is 11.5. The Morgan fingerprint density at radius 3 is 2.28 bits per heavy atom. The zero-order valence-corrected chi connectivity index (χ0v) is 15.9. The van der Waals surface area contributed by atoms with Crippen molar-refractivity contribution in [1.82, 2.24) is 4.90 Å². The number of hydrogen-bond donors (Lipinski definition) is 2. The normalized spacial score (nSPS) is 28.8. The maximum Gasteiger partial charge on any atom is 0.407 e. The summed E-state index contributed by atoms with van der Waals surface area (Å²) >= 11 is 0. The van der Waals surface area contributed by atoms with E-state index in [1.165, 1.54) is 0 Å². The molecule has 3 aliphatic heterocycles. The van der Waals surface area contributed by atoms with Crippen LogP contribution in [0, 0.1) is 16.2 Å². The highest BCUT2D eigenvalue weighted by molar-refractivity contribution is 5.66. The lowest BCUT2D eigenvalue weighted by Crippen LogP contribution is -2.60. The molecule has 1 aromatic rings. The van der Waals surface area contributed by atoms with Gasteiger partial charge in [-0.2, -0.15) is 0 Å². The largest absolute Gasteiger partial charge is 0.508 e. The first-order valence-electron chi connectivity index (χ1n) is 8.99. The first-order valence-corrected chi connectivity index (χ1v) is 8.99. The molecule has 2 N–H and O–H groups in total.